The minimum atomic E-state index is -1.19. The van der Waals surface area contributed by atoms with E-state index in [4.69, 9.17) is 5.11 Å². The van der Waals surface area contributed by atoms with E-state index < -0.39 is 12.0 Å². The van der Waals surface area contributed by atoms with Gasteiger partial charge in [0.1, 0.15) is 6.61 Å². The van der Waals surface area contributed by atoms with Gasteiger partial charge in [0.15, 0.2) is 6.10 Å². The molecule has 0 aliphatic heterocycles. The molecule has 0 aliphatic rings. The molecule has 0 radical (unpaired) electrons. The highest BCUT2D eigenvalue weighted by molar-refractivity contribution is 5.80. The Morgan fingerprint density at radius 2 is 2.33 bits per heavy atom. The van der Waals surface area contributed by atoms with Crippen molar-refractivity contribution in [1.29, 1.82) is 0 Å². The zero-order valence-corrected chi connectivity index (χ0v) is 7.04. The maximum Gasteiger partial charge on any atom is 0.251 e. The molecule has 0 aromatic heterocycles. The summed E-state index contributed by atoms with van der Waals surface area (Å²) in [4.78, 5) is 15.0. The molecule has 0 saturated heterocycles. The highest BCUT2D eigenvalue weighted by atomic mass is 16.6. The lowest BCUT2D eigenvalue weighted by molar-refractivity contribution is -0.132. The van der Waals surface area contributed by atoms with E-state index in [1.165, 1.54) is 0 Å². The van der Waals surface area contributed by atoms with Crippen LogP contribution < -0.4 is 16.5 Å². The quantitative estimate of drug-likeness (QED) is 0.267. The topological polar surface area (TPSA) is 96.6 Å². The lowest BCUT2D eigenvalue weighted by atomic mass is 10.3. The second-order valence-corrected chi connectivity index (χ2v) is 2.24. The van der Waals surface area contributed by atoms with Crippen LogP contribution in [0.2, 0.25) is 0 Å². The van der Waals surface area contributed by atoms with Crippen molar-refractivity contribution in [1.82, 2.24) is 10.6 Å². The number of aliphatic hydroxyl groups excluding tert-OH is 1. The van der Waals surface area contributed by atoms with Gasteiger partial charge in [-0.25, -0.2) is 5.90 Å². The minimum absolute atomic E-state index is 0.189. The average Bonchev–Trinajstić information content (AvgIpc) is 2.05. The third-order valence-corrected chi connectivity index (χ3v) is 1.23. The average molecular weight is 177 g/mol. The van der Waals surface area contributed by atoms with E-state index in [1.807, 2.05) is 0 Å². The number of rotatable bonds is 6. The van der Waals surface area contributed by atoms with Gasteiger partial charge in [-0.2, -0.15) is 0 Å². The van der Waals surface area contributed by atoms with Crippen LogP contribution in [0.3, 0.4) is 0 Å². The Labute approximate surface area is 71.0 Å². The van der Waals surface area contributed by atoms with Gasteiger partial charge >= 0.3 is 0 Å². The monoisotopic (exact) mass is 177 g/mol. The van der Waals surface area contributed by atoms with Crippen LogP contribution in [0.4, 0.5) is 0 Å². The zero-order chi connectivity index (χ0) is 9.40. The first-order valence-corrected chi connectivity index (χ1v) is 3.64. The Balaban J connectivity index is 3.43. The molecule has 12 heavy (non-hydrogen) atoms. The number of hydrogen-bond acceptors (Lipinski definition) is 5. The van der Waals surface area contributed by atoms with E-state index in [-0.39, 0.29) is 6.61 Å². The molecule has 6 nitrogen and oxygen atoms in total. The van der Waals surface area contributed by atoms with E-state index in [9.17, 15) is 4.79 Å². The number of aliphatic hydroxyl groups is 1. The number of nitrogens with one attached hydrogen (secondary N) is 2. The van der Waals surface area contributed by atoms with Crippen LogP contribution in [0.25, 0.3) is 0 Å². The minimum Gasteiger partial charge on any atom is -0.381 e. The summed E-state index contributed by atoms with van der Waals surface area (Å²) >= 11 is 0. The van der Waals surface area contributed by atoms with Gasteiger partial charge in [-0.1, -0.05) is 0 Å². The van der Waals surface area contributed by atoms with Gasteiger partial charge in [-0.3, -0.25) is 4.79 Å². The lowest BCUT2D eigenvalue weighted by Crippen LogP contribution is -2.40. The van der Waals surface area contributed by atoms with E-state index in [2.05, 4.69) is 21.4 Å². The molecule has 0 heterocycles. The smallest absolute Gasteiger partial charge is 0.251 e. The van der Waals surface area contributed by atoms with Crippen LogP contribution in [-0.4, -0.2) is 43.9 Å². The fourth-order valence-electron chi connectivity index (χ4n) is 0.595. The Morgan fingerprint density at radius 3 is 2.83 bits per heavy atom. The largest absolute Gasteiger partial charge is 0.381 e. The molecule has 0 aromatic carbocycles. The van der Waals surface area contributed by atoms with Crippen LogP contribution in [0.1, 0.15) is 0 Å². The molecule has 72 valence electrons. The second-order valence-electron chi connectivity index (χ2n) is 2.24. The van der Waals surface area contributed by atoms with Crippen molar-refractivity contribution in [2.45, 2.75) is 6.10 Å². The normalized spacial score (nSPS) is 12.6. The van der Waals surface area contributed by atoms with Crippen LogP contribution in [0.5, 0.6) is 0 Å². The summed E-state index contributed by atoms with van der Waals surface area (Å²) in [7, 11) is 1.77. The first kappa shape index (κ1) is 11.3. The zero-order valence-electron chi connectivity index (χ0n) is 7.04. The van der Waals surface area contributed by atoms with Gasteiger partial charge in [-0.05, 0) is 7.05 Å². The summed E-state index contributed by atoms with van der Waals surface area (Å²) in [6.07, 6.45) is -1.19. The van der Waals surface area contributed by atoms with Gasteiger partial charge in [-0.15, -0.1) is 0 Å². The van der Waals surface area contributed by atoms with Gasteiger partial charge in [0.25, 0.3) is 5.91 Å². The SMILES string of the molecule is CNCCNC(=O)C(O)CON. The molecule has 0 fully saturated rings. The van der Waals surface area contributed by atoms with E-state index >= 15 is 0 Å². The third-order valence-electron chi connectivity index (χ3n) is 1.23. The molecule has 0 saturated carbocycles. The summed E-state index contributed by atoms with van der Waals surface area (Å²) < 4.78 is 0. The third kappa shape index (κ3) is 5.03. The number of carbonyl (C=O) groups is 1. The molecule has 0 bridgehead atoms. The predicted octanol–water partition coefficient (Wildman–Crippen LogP) is -2.43. The molecule has 0 rings (SSSR count). The van der Waals surface area contributed by atoms with Gasteiger partial charge in [0, 0.05) is 13.1 Å². The Morgan fingerprint density at radius 1 is 1.67 bits per heavy atom. The van der Waals surface area contributed by atoms with E-state index in [1.54, 1.807) is 7.05 Å². The Kier molecular flexibility index (Phi) is 6.58. The van der Waals surface area contributed by atoms with Crippen molar-refractivity contribution < 1.29 is 14.7 Å². The summed E-state index contributed by atoms with van der Waals surface area (Å²) in [5.41, 5.74) is 0. The maximum atomic E-state index is 10.9. The first-order chi connectivity index (χ1) is 5.72. The summed E-state index contributed by atoms with van der Waals surface area (Å²) in [6.45, 7) is 0.935. The van der Waals surface area contributed by atoms with Crippen molar-refractivity contribution in [3.05, 3.63) is 0 Å². The summed E-state index contributed by atoms with van der Waals surface area (Å²) in [6, 6.07) is 0. The maximum absolute atomic E-state index is 10.9. The Hall–Kier alpha value is -0.690. The molecule has 1 atom stereocenters. The summed E-state index contributed by atoms with van der Waals surface area (Å²) in [5.74, 6) is 4.19. The van der Waals surface area contributed by atoms with Crippen molar-refractivity contribution in [3.8, 4) is 0 Å². The number of hydrogen-bond donors (Lipinski definition) is 4. The van der Waals surface area contributed by atoms with Crippen LogP contribution >= 0.6 is 0 Å². The Bertz CT molecular complexity index is 131. The fraction of sp³-hybridized carbons (Fsp3) is 0.833. The lowest BCUT2D eigenvalue weighted by Gasteiger charge is -2.09. The summed E-state index contributed by atoms with van der Waals surface area (Å²) in [5, 5.41) is 14.3. The van der Waals surface area contributed by atoms with Crippen LogP contribution in [0.15, 0.2) is 0 Å². The number of carbonyl (C=O) groups excluding carboxylic acids is 1. The molecule has 0 aliphatic carbocycles. The van der Waals surface area contributed by atoms with Gasteiger partial charge in [0.05, 0.1) is 0 Å². The van der Waals surface area contributed by atoms with Gasteiger partial charge < -0.3 is 20.6 Å². The standard InChI is InChI=1S/C6H15N3O3/c1-8-2-3-9-6(11)5(10)4-12-7/h5,8,10H,2-4,7H2,1H3,(H,9,11). The molecule has 1 amide bonds. The van der Waals surface area contributed by atoms with E-state index in [0.717, 1.165) is 0 Å². The fourth-order valence-corrected chi connectivity index (χ4v) is 0.595. The number of amides is 1. The molecular weight excluding hydrogens is 162 g/mol. The van der Waals surface area contributed by atoms with E-state index in [0.29, 0.717) is 13.1 Å². The number of likely N-dealkylation sites (N-methyl/N-ethyl adjacent to an activating group) is 1. The molecular formula is C6H15N3O3. The number of nitrogens with two attached hydrogens (primary N) is 1. The van der Waals surface area contributed by atoms with Crippen molar-refractivity contribution >= 4 is 5.91 Å². The molecule has 0 aromatic rings. The van der Waals surface area contributed by atoms with Crippen molar-refractivity contribution in [3.63, 3.8) is 0 Å². The second kappa shape index (κ2) is 6.99. The molecule has 6 heteroatoms. The molecule has 0 spiro atoms. The highest BCUT2D eigenvalue weighted by Gasteiger charge is 2.13. The first-order valence-electron chi connectivity index (χ1n) is 3.64. The van der Waals surface area contributed by atoms with Crippen molar-refractivity contribution in [2.24, 2.45) is 5.90 Å². The molecule has 5 N–H and O–H groups in total. The van der Waals surface area contributed by atoms with Gasteiger partial charge in [0.2, 0.25) is 0 Å². The van der Waals surface area contributed by atoms with Crippen LogP contribution in [0, 0.1) is 0 Å². The molecule has 1 unspecified atom stereocenters. The van der Waals surface area contributed by atoms with Crippen LogP contribution in [-0.2, 0) is 9.63 Å². The van der Waals surface area contributed by atoms with Crippen molar-refractivity contribution in [2.75, 3.05) is 26.7 Å². The predicted molar refractivity (Wildman–Crippen MR) is 43.1 cm³/mol. The highest BCUT2D eigenvalue weighted by Crippen LogP contribution is 1.81.